The summed E-state index contributed by atoms with van der Waals surface area (Å²) in [7, 11) is 0. The quantitative estimate of drug-likeness (QED) is 0.661. The van der Waals surface area contributed by atoms with E-state index >= 15 is 0 Å². The fraction of sp³-hybridized carbons (Fsp3) is 0.273. The van der Waals surface area contributed by atoms with E-state index in [-0.39, 0.29) is 13.0 Å². The van der Waals surface area contributed by atoms with Gasteiger partial charge in [-0.15, -0.1) is 0 Å². The smallest absolute Gasteiger partial charge is 0.422 e. The topological polar surface area (TPSA) is 66.4 Å². The maximum absolute atomic E-state index is 13.0. The van der Waals surface area contributed by atoms with Crippen molar-refractivity contribution in [2.75, 3.05) is 0 Å². The molecule has 0 aliphatic heterocycles. The Labute approximate surface area is 119 Å². The first-order chi connectivity index (χ1) is 9.40. The van der Waals surface area contributed by atoms with Gasteiger partial charge in [-0.3, -0.25) is 4.79 Å². The second-order valence-electron chi connectivity index (χ2n) is 4.13. The van der Waals surface area contributed by atoms with Crippen LogP contribution in [0.5, 0.6) is 0 Å². The Bertz CT molecular complexity index is 604. The van der Waals surface area contributed by atoms with Crippen LogP contribution in [0.1, 0.15) is 17.3 Å². The molecule has 1 unspecified atom stereocenters. The van der Waals surface area contributed by atoms with E-state index in [1.807, 2.05) is 0 Å². The largest absolute Gasteiger partial charge is 0.479 e. The van der Waals surface area contributed by atoms with Gasteiger partial charge >= 0.3 is 12.1 Å². The average Bonchev–Trinajstić information content (AvgIpc) is 2.31. The SMILES string of the molecule is CC(NC(=O)c1cc(F)c(F)cc1Cl)(C(=O)O)C(F)(F)F. The molecule has 2 N–H and O–H groups in total. The van der Waals surface area contributed by atoms with Crippen molar-refractivity contribution in [3.63, 3.8) is 0 Å². The molecular weight excluding hydrogens is 325 g/mol. The van der Waals surface area contributed by atoms with Crippen LogP contribution in [0.2, 0.25) is 5.02 Å². The predicted octanol–water partition coefficient (Wildman–Crippen LogP) is 2.75. The van der Waals surface area contributed by atoms with Crippen molar-refractivity contribution >= 4 is 23.5 Å². The highest BCUT2D eigenvalue weighted by molar-refractivity contribution is 6.33. The lowest BCUT2D eigenvalue weighted by Crippen LogP contribution is -2.61. The van der Waals surface area contributed by atoms with E-state index in [2.05, 4.69) is 0 Å². The molecule has 0 radical (unpaired) electrons. The third kappa shape index (κ3) is 3.23. The lowest BCUT2D eigenvalue weighted by Gasteiger charge is -2.28. The van der Waals surface area contributed by atoms with Gasteiger partial charge in [-0.25, -0.2) is 13.6 Å². The molecule has 1 aromatic rings. The molecule has 0 aliphatic carbocycles. The number of alkyl halides is 3. The van der Waals surface area contributed by atoms with Gasteiger partial charge in [0.05, 0.1) is 10.6 Å². The van der Waals surface area contributed by atoms with Gasteiger partial charge in [-0.1, -0.05) is 11.6 Å². The van der Waals surface area contributed by atoms with Crippen LogP contribution < -0.4 is 5.32 Å². The second-order valence-corrected chi connectivity index (χ2v) is 4.54. The number of halogens is 6. The lowest BCUT2D eigenvalue weighted by atomic mass is 10.0. The summed E-state index contributed by atoms with van der Waals surface area (Å²) in [6, 6.07) is 0.656. The number of hydrogen-bond donors (Lipinski definition) is 2. The summed E-state index contributed by atoms with van der Waals surface area (Å²) in [5, 5.41) is 9.16. The molecule has 0 heterocycles. The van der Waals surface area contributed by atoms with Crippen molar-refractivity contribution in [3.8, 4) is 0 Å². The maximum atomic E-state index is 13.0. The summed E-state index contributed by atoms with van der Waals surface area (Å²) in [6.45, 7) is 0.209. The highest BCUT2D eigenvalue weighted by Gasteiger charge is 2.58. The van der Waals surface area contributed by atoms with Crippen LogP contribution >= 0.6 is 11.6 Å². The molecule has 116 valence electrons. The summed E-state index contributed by atoms with van der Waals surface area (Å²) < 4.78 is 63.9. The normalized spacial score (nSPS) is 14.4. The van der Waals surface area contributed by atoms with E-state index < -0.39 is 45.8 Å². The Balaban J connectivity index is 3.21. The van der Waals surface area contributed by atoms with Crippen LogP contribution in [0.25, 0.3) is 0 Å². The van der Waals surface area contributed by atoms with E-state index in [0.717, 1.165) is 0 Å². The van der Waals surface area contributed by atoms with Crippen molar-refractivity contribution < 1.29 is 36.6 Å². The third-order valence-corrected chi connectivity index (χ3v) is 2.93. The van der Waals surface area contributed by atoms with Gasteiger partial charge in [0.15, 0.2) is 11.6 Å². The molecule has 21 heavy (non-hydrogen) atoms. The van der Waals surface area contributed by atoms with Gasteiger partial charge in [0.1, 0.15) is 0 Å². The number of rotatable bonds is 3. The standard InChI is InChI=1S/C11H7ClF5NO3/c1-10(9(20)21,11(15,16)17)18-8(19)4-2-6(13)7(14)3-5(4)12/h2-3H,1H3,(H,18,19)(H,20,21). The molecule has 4 nitrogen and oxygen atoms in total. The molecule has 1 aromatic carbocycles. The number of aliphatic carboxylic acids is 1. The summed E-state index contributed by atoms with van der Waals surface area (Å²) in [5.74, 6) is -6.91. The molecule has 1 atom stereocenters. The number of nitrogens with one attached hydrogen (secondary N) is 1. The molecule has 0 bridgehead atoms. The van der Waals surface area contributed by atoms with Crippen molar-refractivity contribution in [1.82, 2.24) is 5.32 Å². The van der Waals surface area contributed by atoms with E-state index in [4.69, 9.17) is 16.7 Å². The van der Waals surface area contributed by atoms with Crippen LogP contribution in [-0.4, -0.2) is 28.7 Å². The Kier molecular flexibility index (Phi) is 4.47. The van der Waals surface area contributed by atoms with Gasteiger partial charge in [0.25, 0.3) is 5.91 Å². The van der Waals surface area contributed by atoms with Gasteiger partial charge in [-0.05, 0) is 19.1 Å². The first kappa shape index (κ1) is 17.2. The van der Waals surface area contributed by atoms with Crippen LogP contribution in [0.15, 0.2) is 12.1 Å². The molecule has 10 heteroatoms. The highest BCUT2D eigenvalue weighted by Crippen LogP contribution is 2.31. The van der Waals surface area contributed by atoms with Gasteiger partial charge in [0.2, 0.25) is 5.54 Å². The van der Waals surface area contributed by atoms with Crippen LogP contribution in [-0.2, 0) is 4.79 Å². The molecule has 0 aromatic heterocycles. The zero-order chi connectivity index (χ0) is 16.6. The molecule has 1 amide bonds. The minimum absolute atomic E-state index is 0.209. The lowest BCUT2D eigenvalue weighted by molar-refractivity contribution is -0.203. The second kappa shape index (κ2) is 5.47. The van der Waals surface area contributed by atoms with E-state index in [9.17, 15) is 31.5 Å². The Morgan fingerprint density at radius 1 is 1.19 bits per heavy atom. The van der Waals surface area contributed by atoms with Gasteiger partial charge < -0.3 is 10.4 Å². The summed E-state index contributed by atoms with van der Waals surface area (Å²) in [4.78, 5) is 22.4. The van der Waals surface area contributed by atoms with E-state index in [1.54, 1.807) is 0 Å². The van der Waals surface area contributed by atoms with E-state index in [1.165, 1.54) is 5.32 Å². The minimum atomic E-state index is -5.32. The predicted molar refractivity (Wildman–Crippen MR) is 60.9 cm³/mol. The number of carboxylic acid groups (broad SMARTS) is 1. The van der Waals surface area contributed by atoms with Crippen molar-refractivity contribution in [2.45, 2.75) is 18.6 Å². The fourth-order valence-electron chi connectivity index (χ4n) is 1.24. The number of carboxylic acids is 1. The average molecular weight is 332 g/mol. The molecular formula is C11H7ClF5NO3. The number of amides is 1. The zero-order valence-corrected chi connectivity index (χ0v) is 10.9. The maximum Gasteiger partial charge on any atom is 0.422 e. The van der Waals surface area contributed by atoms with Crippen LogP contribution in [0, 0.1) is 11.6 Å². The molecule has 1 rings (SSSR count). The molecule has 0 spiro atoms. The zero-order valence-electron chi connectivity index (χ0n) is 10.2. The number of carbonyl (C=O) groups is 2. The highest BCUT2D eigenvalue weighted by atomic mass is 35.5. The third-order valence-electron chi connectivity index (χ3n) is 2.61. The van der Waals surface area contributed by atoms with Gasteiger partial charge in [-0.2, -0.15) is 13.2 Å². The molecule has 0 saturated heterocycles. The van der Waals surface area contributed by atoms with Crippen LogP contribution in [0.4, 0.5) is 22.0 Å². The van der Waals surface area contributed by atoms with Crippen molar-refractivity contribution in [1.29, 1.82) is 0 Å². The number of carbonyl (C=O) groups excluding carboxylic acids is 1. The number of hydrogen-bond acceptors (Lipinski definition) is 2. The fourth-order valence-corrected chi connectivity index (χ4v) is 1.47. The van der Waals surface area contributed by atoms with Crippen molar-refractivity contribution in [3.05, 3.63) is 34.4 Å². The first-order valence-electron chi connectivity index (χ1n) is 5.17. The Morgan fingerprint density at radius 3 is 2.10 bits per heavy atom. The number of benzene rings is 1. The summed E-state index contributed by atoms with van der Waals surface area (Å²) in [6.07, 6.45) is -5.32. The minimum Gasteiger partial charge on any atom is -0.479 e. The van der Waals surface area contributed by atoms with Crippen molar-refractivity contribution in [2.24, 2.45) is 0 Å². The van der Waals surface area contributed by atoms with Gasteiger partial charge in [0, 0.05) is 0 Å². The monoisotopic (exact) mass is 331 g/mol. The Morgan fingerprint density at radius 2 is 1.67 bits per heavy atom. The molecule has 0 saturated carbocycles. The summed E-state index contributed by atoms with van der Waals surface area (Å²) >= 11 is 5.42. The first-order valence-corrected chi connectivity index (χ1v) is 5.55. The summed E-state index contributed by atoms with van der Waals surface area (Å²) in [5.41, 5.74) is -4.44. The molecule has 0 fully saturated rings. The molecule has 0 aliphatic rings. The Hall–Kier alpha value is -1.90. The van der Waals surface area contributed by atoms with E-state index in [0.29, 0.717) is 6.07 Å². The van der Waals surface area contributed by atoms with Crippen LogP contribution in [0.3, 0.4) is 0 Å².